The van der Waals surface area contributed by atoms with E-state index in [9.17, 15) is 0 Å². The molecule has 0 aromatic heterocycles. The molecule has 100 valence electrons. The van der Waals surface area contributed by atoms with Gasteiger partial charge in [0.15, 0.2) is 0 Å². The van der Waals surface area contributed by atoms with Crippen LogP contribution in [-0.2, 0) is 0 Å². The molecule has 0 fully saturated rings. The van der Waals surface area contributed by atoms with E-state index in [1.165, 1.54) is 32.7 Å². The van der Waals surface area contributed by atoms with E-state index in [1.54, 1.807) is 11.8 Å². The third-order valence-electron chi connectivity index (χ3n) is 3.40. The molecule has 0 radical (unpaired) electrons. The summed E-state index contributed by atoms with van der Waals surface area (Å²) in [6, 6.07) is 12.8. The van der Waals surface area contributed by atoms with Gasteiger partial charge in [-0.05, 0) is 55.3 Å². The summed E-state index contributed by atoms with van der Waals surface area (Å²) in [4.78, 5) is 1.25. The van der Waals surface area contributed by atoms with Crippen molar-refractivity contribution in [3.8, 4) is 0 Å². The number of aryl methyl sites for hydroxylation is 3. The van der Waals surface area contributed by atoms with Crippen LogP contribution >= 0.6 is 23.4 Å². The van der Waals surface area contributed by atoms with Gasteiger partial charge in [-0.15, -0.1) is 23.4 Å². The molecule has 2 aromatic carbocycles. The maximum absolute atomic E-state index is 6.77. The molecule has 0 saturated carbocycles. The van der Waals surface area contributed by atoms with Gasteiger partial charge in [0, 0.05) is 4.90 Å². The first-order valence-electron chi connectivity index (χ1n) is 6.39. The monoisotopic (exact) mass is 290 g/mol. The molecule has 0 saturated heterocycles. The van der Waals surface area contributed by atoms with Gasteiger partial charge in [0.2, 0.25) is 0 Å². The Balaban J connectivity index is 2.53. The Bertz CT molecular complexity index is 567. The smallest absolute Gasteiger partial charge is 0.0851 e. The molecule has 1 atom stereocenters. The van der Waals surface area contributed by atoms with Gasteiger partial charge in [-0.2, -0.15) is 0 Å². The van der Waals surface area contributed by atoms with Gasteiger partial charge in [-0.25, -0.2) is 0 Å². The van der Waals surface area contributed by atoms with Crippen LogP contribution in [0.2, 0.25) is 0 Å². The highest BCUT2D eigenvalue weighted by atomic mass is 35.5. The number of hydrogen-bond acceptors (Lipinski definition) is 1. The third-order valence-corrected chi connectivity index (χ3v) is 4.67. The lowest BCUT2D eigenvalue weighted by atomic mass is 9.94. The van der Waals surface area contributed by atoms with E-state index in [0.29, 0.717) is 0 Å². The Morgan fingerprint density at radius 2 is 1.58 bits per heavy atom. The van der Waals surface area contributed by atoms with Gasteiger partial charge in [0.05, 0.1) is 5.38 Å². The van der Waals surface area contributed by atoms with Gasteiger partial charge in [0.1, 0.15) is 0 Å². The predicted molar refractivity (Wildman–Crippen MR) is 86.6 cm³/mol. The Labute approximate surface area is 125 Å². The molecule has 1 unspecified atom stereocenters. The van der Waals surface area contributed by atoms with E-state index in [1.807, 2.05) is 0 Å². The average Bonchev–Trinajstić information content (AvgIpc) is 2.37. The van der Waals surface area contributed by atoms with Crippen molar-refractivity contribution in [2.75, 3.05) is 6.26 Å². The summed E-state index contributed by atoms with van der Waals surface area (Å²) in [6.07, 6.45) is 2.09. The molecule has 0 N–H and O–H groups in total. The van der Waals surface area contributed by atoms with Gasteiger partial charge in [-0.3, -0.25) is 0 Å². The van der Waals surface area contributed by atoms with Crippen molar-refractivity contribution in [1.29, 1.82) is 0 Å². The van der Waals surface area contributed by atoms with Crippen LogP contribution in [0.15, 0.2) is 41.3 Å². The van der Waals surface area contributed by atoms with E-state index < -0.39 is 0 Å². The van der Waals surface area contributed by atoms with Gasteiger partial charge < -0.3 is 0 Å². The Morgan fingerprint density at radius 3 is 2.16 bits per heavy atom. The topological polar surface area (TPSA) is 0 Å². The summed E-state index contributed by atoms with van der Waals surface area (Å²) in [5, 5.41) is -0.0794. The minimum absolute atomic E-state index is 0.0794. The number of alkyl halides is 1. The van der Waals surface area contributed by atoms with E-state index >= 15 is 0 Å². The fourth-order valence-electron chi connectivity index (χ4n) is 2.62. The van der Waals surface area contributed by atoms with E-state index in [-0.39, 0.29) is 5.38 Å². The summed E-state index contributed by atoms with van der Waals surface area (Å²) in [7, 11) is 0. The first-order chi connectivity index (χ1) is 9.04. The molecule has 0 nitrogen and oxygen atoms in total. The maximum Gasteiger partial charge on any atom is 0.0851 e. The standard InChI is InChI=1S/C17H19ClS/c1-11-9-12(2)16(13(3)10-11)17(18)14-7-5-6-8-15(14)19-4/h5-10,17H,1-4H3. The van der Waals surface area contributed by atoms with E-state index in [4.69, 9.17) is 11.6 Å². The lowest BCUT2D eigenvalue weighted by Gasteiger charge is -2.19. The lowest BCUT2D eigenvalue weighted by Crippen LogP contribution is -2.01. The highest BCUT2D eigenvalue weighted by molar-refractivity contribution is 7.98. The van der Waals surface area contributed by atoms with E-state index in [2.05, 4.69) is 63.4 Å². The van der Waals surface area contributed by atoms with Crippen LogP contribution < -0.4 is 0 Å². The predicted octanol–water partition coefficient (Wildman–Crippen LogP) is 5.66. The summed E-state index contributed by atoms with van der Waals surface area (Å²) < 4.78 is 0. The maximum atomic E-state index is 6.77. The van der Waals surface area contributed by atoms with Crippen molar-refractivity contribution in [3.63, 3.8) is 0 Å². The molecule has 2 aromatic rings. The summed E-state index contributed by atoms with van der Waals surface area (Å²) in [5.41, 5.74) is 6.28. The van der Waals surface area contributed by atoms with Crippen molar-refractivity contribution >= 4 is 23.4 Å². The second-order valence-electron chi connectivity index (χ2n) is 4.92. The molecule has 2 heteroatoms. The van der Waals surface area contributed by atoms with Crippen molar-refractivity contribution in [2.45, 2.75) is 31.0 Å². The molecule has 0 aliphatic rings. The molecule has 0 heterocycles. The zero-order chi connectivity index (χ0) is 14.0. The first-order valence-corrected chi connectivity index (χ1v) is 8.05. The fraction of sp³-hybridized carbons (Fsp3) is 0.294. The fourth-order valence-corrected chi connectivity index (χ4v) is 3.86. The van der Waals surface area contributed by atoms with Crippen molar-refractivity contribution in [1.82, 2.24) is 0 Å². The largest absolute Gasteiger partial charge is 0.129 e. The number of hydrogen-bond donors (Lipinski definition) is 0. The minimum atomic E-state index is -0.0794. The average molecular weight is 291 g/mol. The highest BCUT2D eigenvalue weighted by Gasteiger charge is 2.18. The molecule has 0 spiro atoms. The zero-order valence-electron chi connectivity index (χ0n) is 11.8. The van der Waals surface area contributed by atoms with Crippen LogP contribution in [0.5, 0.6) is 0 Å². The number of rotatable bonds is 3. The second-order valence-corrected chi connectivity index (χ2v) is 6.20. The molecule has 2 rings (SSSR count). The van der Waals surface area contributed by atoms with Crippen LogP contribution in [0.1, 0.15) is 33.2 Å². The highest BCUT2D eigenvalue weighted by Crippen LogP contribution is 2.38. The van der Waals surface area contributed by atoms with Crippen LogP contribution in [-0.4, -0.2) is 6.26 Å². The SMILES string of the molecule is CSc1ccccc1C(Cl)c1c(C)cc(C)cc1C. The minimum Gasteiger partial charge on any atom is -0.129 e. The van der Waals surface area contributed by atoms with Crippen LogP contribution in [0.25, 0.3) is 0 Å². The molecular formula is C17H19ClS. The first kappa shape index (κ1) is 14.5. The molecule has 19 heavy (non-hydrogen) atoms. The molecule has 0 bridgehead atoms. The van der Waals surface area contributed by atoms with Gasteiger partial charge in [-0.1, -0.05) is 35.9 Å². The van der Waals surface area contributed by atoms with Gasteiger partial charge >= 0.3 is 0 Å². The Hall–Kier alpha value is -0.920. The molecular weight excluding hydrogens is 272 g/mol. The molecule has 0 amide bonds. The van der Waals surface area contributed by atoms with Crippen molar-refractivity contribution in [3.05, 3.63) is 64.2 Å². The summed E-state index contributed by atoms with van der Waals surface area (Å²) in [6.45, 7) is 6.42. The summed E-state index contributed by atoms with van der Waals surface area (Å²) in [5.74, 6) is 0. The number of halogens is 1. The molecule has 0 aliphatic heterocycles. The van der Waals surface area contributed by atoms with Crippen LogP contribution in [0.4, 0.5) is 0 Å². The number of thioether (sulfide) groups is 1. The molecule has 0 aliphatic carbocycles. The Kier molecular flexibility index (Phi) is 4.59. The van der Waals surface area contributed by atoms with Crippen molar-refractivity contribution < 1.29 is 0 Å². The quantitative estimate of drug-likeness (QED) is 0.519. The van der Waals surface area contributed by atoms with Crippen LogP contribution in [0.3, 0.4) is 0 Å². The normalized spacial score (nSPS) is 12.5. The van der Waals surface area contributed by atoms with E-state index in [0.717, 1.165) is 0 Å². The number of benzene rings is 2. The van der Waals surface area contributed by atoms with Crippen LogP contribution in [0, 0.1) is 20.8 Å². The lowest BCUT2D eigenvalue weighted by molar-refractivity contribution is 1.04. The van der Waals surface area contributed by atoms with Crippen molar-refractivity contribution in [2.24, 2.45) is 0 Å². The second kappa shape index (κ2) is 6.02. The summed E-state index contributed by atoms with van der Waals surface area (Å²) >= 11 is 8.51. The van der Waals surface area contributed by atoms with Gasteiger partial charge in [0.25, 0.3) is 0 Å². The third kappa shape index (κ3) is 2.98. The Morgan fingerprint density at radius 1 is 1.00 bits per heavy atom. The zero-order valence-corrected chi connectivity index (χ0v) is 13.4.